The highest BCUT2D eigenvalue weighted by atomic mass is 16.8. The van der Waals surface area contributed by atoms with E-state index in [1.165, 1.54) is 13.8 Å². The van der Waals surface area contributed by atoms with E-state index in [1.807, 2.05) is 6.92 Å². The lowest BCUT2D eigenvalue weighted by Crippen LogP contribution is -2.66. The van der Waals surface area contributed by atoms with Crippen LogP contribution in [0.1, 0.15) is 106 Å². The first-order chi connectivity index (χ1) is 34.5. The van der Waals surface area contributed by atoms with Crippen molar-refractivity contribution in [2.45, 2.75) is 247 Å². The first-order valence-corrected chi connectivity index (χ1v) is 27.1. The molecule has 9 rings (SSSR count). The Labute approximate surface area is 426 Å². The summed E-state index contributed by atoms with van der Waals surface area (Å²) in [5, 5.41) is 139. The van der Waals surface area contributed by atoms with Crippen molar-refractivity contribution in [2.75, 3.05) is 19.8 Å². The molecule has 0 aromatic rings. The summed E-state index contributed by atoms with van der Waals surface area (Å²) in [6, 6.07) is 0. The van der Waals surface area contributed by atoms with Crippen LogP contribution in [-0.2, 0) is 42.6 Å². The average Bonchev–Trinajstić information content (AvgIpc) is 3.80. The highest BCUT2D eigenvalue weighted by Crippen LogP contribution is 2.71. The van der Waals surface area contributed by atoms with E-state index in [9.17, 15) is 66.4 Å². The Bertz CT molecular complexity index is 1840. The fourth-order valence-corrected chi connectivity index (χ4v) is 15.5. The van der Waals surface area contributed by atoms with E-state index < -0.39 is 142 Å². The molecule has 0 aromatic heterocycles. The summed E-state index contributed by atoms with van der Waals surface area (Å²) in [7, 11) is 0. The third kappa shape index (κ3) is 10.2. The fourth-order valence-electron chi connectivity index (χ4n) is 15.5. The first kappa shape index (κ1) is 56.8. The number of fused-ring (bicyclic) bond motifs is 7. The van der Waals surface area contributed by atoms with Gasteiger partial charge < -0.3 is 109 Å². The lowest BCUT2D eigenvalue weighted by molar-refractivity contribution is -0.389. The second kappa shape index (κ2) is 22.0. The predicted octanol–water partition coefficient (Wildman–Crippen LogP) is -1.90. The van der Waals surface area contributed by atoms with Gasteiger partial charge in [-0.3, -0.25) is 0 Å². The summed E-state index contributed by atoms with van der Waals surface area (Å²) in [6.45, 7) is 10.8. The van der Waals surface area contributed by atoms with E-state index in [4.69, 9.17) is 42.6 Å². The number of rotatable bonds is 14. The molecule has 8 unspecified atom stereocenters. The Morgan fingerprint density at radius 3 is 1.77 bits per heavy atom. The van der Waals surface area contributed by atoms with Crippen LogP contribution in [0.4, 0.5) is 0 Å². The van der Waals surface area contributed by atoms with Crippen molar-refractivity contribution >= 4 is 0 Å². The molecule has 422 valence electrons. The van der Waals surface area contributed by atoms with E-state index in [-0.39, 0.29) is 53.3 Å². The molecule has 0 amide bonds. The Kier molecular flexibility index (Phi) is 17.1. The normalized spacial score (nSPS) is 56.6. The van der Waals surface area contributed by atoms with Crippen molar-refractivity contribution in [1.29, 1.82) is 0 Å². The quantitative estimate of drug-likeness (QED) is 0.0845. The van der Waals surface area contributed by atoms with Gasteiger partial charge in [-0.1, -0.05) is 27.7 Å². The van der Waals surface area contributed by atoms with Crippen molar-refractivity contribution < 1.29 is 109 Å². The van der Waals surface area contributed by atoms with Gasteiger partial charge in [-0.15, -0.1) is 0 Å². The van der Waals surface area contributed by atoms with Crippen molar-refractivity contribution in [3.05, 3.63) is 0 Å². The topological polar surface area (TPSA) is 346 Å². The highest BCUT2D eigenvalue weighted by molar-refractivity contribution is 5.15. The van der Waals surface area contributed by atoms with Gasteiger partial charge in [-0.05, 0) is 118 Å². The van der Waals surface area contributed by atoms with Crippen molar-refractivity contribution in [1.82, 2.24) is 0 Å². The number of ether oxygens (including phenoxy) is 9. The predicted molar refractivity (Wildman–Crippen MR) is 249 cm³/mol. The zero-order chi connectivity index (χ0) is 52.8. The van der Waals surface area contributed by atoms with Gasteiger partial charge >= 0.3 is 0 Å². The molecule has 32 atom stereocenters. The van der Waals surface area contributed by atoms with Gasteiger partial charge in [0, 0.05) is 12.3 Å². The Balaban J connectivity index is 0.830. The largest absolute Gasteiger partial charge is 0.394 e. The van der Waals surface area contributed by atoms with Crippen LogP contribution < -0.4 is 0 Å². The van der Waals surface area contributed by atoms with Crippen molar-refractivity contribution in [3.8, 4) is 0 Å². The molecule has 4 saturated carbocycles. The smallest absolute Gasteiger partial charge is 0.187 e. The van der Waals surface area contributed by atoms with E-state index in [2.05, 4.69) is 20.8 Å². The van der Waals surface area contributed by atoms with Gasteiger partial charge in [0.15, 0.2) is 30.9 Å². The molecule has 73 heavy (non-hydrogen) atoms. The monoisotopic (exact) mass is 1050 g/mol. The summed E-state index contributed by atoms with van der Waals surface area (Å²) < 4.78 is 54.7. The van der Waals surface area contributed by atoms with E-state index in [0.717, 1.165) is 38.5 Å². The molecule has 0 spiro atoms. The zero-order valence-corrected chi connectivity index (χ0v) is 42.9. The maximum absolute atomic E-state index is 12.1. The average molecular weight is 1050 g/mol. The molecule has 13 N–H and O–H groups in total. The molecule has 0 bridgehead atoms. The second-order valence-electron chi connectivity index (χ2n) is 24.2. The minimum atomic E-state index is -1.74. The number of aliphatic hydroxyl groups excluding tert-OH is 12. The van der Waals surface area contributed by atoms with Gasteiger partial charge in [-0.25, -0.2) is 0 Å². The van der Waals surface area contributed by atoms with E-state index >= 15 is 0 Å². The van der Waals surface area contributed by atoms with Gasteiger partial charge in [0.2, 0.25) is 0 Å². The molecule has 5 aliphatic heterocycles. The summed E-state index contributed by atoms with van der Waals surface area (Å²) in [5.41, 5.74) is -0.0281. The highest BCUT2D eigenvalue weighted by Gasteiger charge is 2.68. The Morgan fingerprint density at radius 2 is 1.14 bits per heavy atom. The van der Waals surface area contributed by atoms with Crippen LogP contribution in [0.15, 0.2) is 0 Å². The van der Waals surface area contributed by atoms with E-state index in [0.29, 0.717) is 43.4 Å². The Morgan fingerprint density at radius 1 is 0.562 bits per heavy atom. The molecule has 0 radical (unpaired) electrons. The molecule has 5 heterocycles. The molecule has 9 aliphatic rings. The third-order valence-electron chi connectivity index (χ3n) is 20.0. The van der Waals surface area contributed by atoms with Gasteiger partial charge in [0.1, 0.15) is 85.5 Å². The molecule has 4 aliphatic carbocycles. The number of hydrogen-bond donors (Lipinski definition) is 13. The summed E-state index contributed by atoms with van der Waals surface area (Å²) >= 11 is 0. The maximum Gasteiger partial charge on any atom is 0.187 e. The lowest BCUT2D eigenvalue weighted by Gasteiger charge is -2.61. The number of aliphatic hydroxyl groups is 13. The first-order valence-electron chi connectivity index (χ1n) is 27.1. The second-order valence-corrected chi connectivity index (χ2v) is 24.2. The standard InChI is InChI=1S/C51H86O22/c1-20(19-65-45-39(60)38(59)35(56)30(17-52)69-45)9-14-51(64)21(2)32-29(73-51)16-28-26-8-7-24-15-25(10-12-49(24,5)27(26)11-13-50(28,32)6)68-48-44(72-47-41(62)37(58)34(55)23(4)67-47)42(63)43(31(18-53)70-48)71-46-40(61)36(57)33(54)22(3)66-46/h20-48,52-64H,7-19H2,1-6H3/t20-,21?,22+,23+,24+,25?,26?,27?,28?,29?,30-,31-,32?,33+,34+,35-,36-,37-,38+,39-,40-,41-,42+,43-,44-,45-,46+,47+,48-,49+,50+,51?/m1/s1. The van der Waals surface area contributed by atoms with Gasteiger partial charge in [0.05, 0.1) is 44.2 Å². The van der Waals surface area contributed by atoms with Crippen LogP contribution in [0.3, 0.4) is 0 Å². The SMILES string of the molecule is CC1C2C(CC3C4CC[C@H]5CC(O[C@@H]6O[C@H](CO)[C@@H](O[C@@H]7O[C@@H](C)[C@H](O)[C@@H](O)[C@H]7O)[C@H](O)[C@H]6O[C@@H]6O[C@@H](C)[C@H](O)[C@@H](O)[C@H]6O)CC[C@]5(C)C4CC[C@@]32C)OC1(O)CC[C@@H](C)CO[C@@H]1O[C@H](CO)[C@@H](O)[C@H](O)[C@H]1O. The maximum atomic E-state index is 12.1. The summed E-state index contributed by atoms with van der Waals surface area (Å²) in [5.74, 6) is 0.300. The van der Waals surface area contributed by atoms with E-state index in [1.54, 1.807) is 0 Å². The molecule has 22 nitrogen and oxygen atoms in total. The molecule has 0 aromatic carbocycles. The van der Waals surface area contributed by atoms with Crippen LogP contribution >= 0.6 is 0 Å². The van der Waals surface area contributed by atoms with Crippen LogP contribution in [0.5, 0.6) is 0 Å². The van der Waals surface area contributed by atoms with Crippen LogP contribution in [0, 0.1) is 52.3 Å². The molecule has 5 saturated heterocycles. The molecule has 22 heteroatoms. The van der Waals surface area contributed by atoms with Crippen molar-refractivity contribution in [2.24, 2.45) is 52.3 Å². The lowest BCUT2D eigenvalue weighted by atomic mass is 9.44. The minimum Gasteiger partial charge on any atom is -0.394 e. The molecular weight excluding hydrogens is 965 g/mol. The summed E-state index contributed by atoms with van der Waals surface area (Å²) in [6.07, 6.45) is -21.1. The Hall–Kier alpha value is -0.880. The fraction of sp³-hybridized carbons (Fsp3) is 1.00. The van der Waals surface area contributed by atoms with Gasteiger partial charge in [0.25, 0.3) is 0 Å². The molecule has 9 fully saturated rings. The summed E-state index contributed by atoms with van der Waals surface area (Å²) in [4.78, 5) is 0. The molecular formula is C51H86O22. The van der Waals surface area contributed by atoms with Crippen molar-refractivity contribution in [3.63, 3.8) is 0 Å². The van der Waals surface area contributed by atoms with Crippen LogP contribution in [0.25, 0.3) is 0 Å². The number of hydrogen-bond acceptors (Lipinski definition) is 22. The van der Waals surface area contributed by atoms with Crippen LogP contribution in [0.2, 0.25) is 0 Å². The third-order valence-corrected chi connectivity index (χ3v) is 20.0. The van der Waals surface area contributed by atoms with Crippen LogP contribution in [-0.4, -0.2) is 227 Å². The zero-order valence-electron chi connectivity index (χ0n) is 42.9. The minimum absolute atomic E-state index is 0.00150. The van der Waals surface area contributed by atoms with Gasteiger partial charge in [-0.2, -0.15) is 0 Å².